The van der Waals surface area contributed by atoms with Crippen molar-refractivity contribution in [2.75, 3.05) is 37.5 Å². The first-order chi connectivity index (χ1) is 13.5. The van der Waals surface area contributed by atoms with Gasteiger partial charge < -0.3 is 19.1 Å². The Morgan fingerprint density at radius 2 is 1.82 bits per heavy atom. The topological polar surface area (TPSA) is 71.7 Å². The summed E-state index contributed by atoms with van der Waals surface area (Å²) in [4.78, 5) is 20.8. The molecule has 0 spiro atoms. The second-order valence-corrected chi connectivity index (χ2v) is 7.00. The van der Waals surface area contributed by atoms with E-state index in [1.54, 1.807) is 12.0 Å². The van der Waals surface area contributed by atoms with Crippen LogP contribution in [0, 0.1) is 0 Å². The zero-order valence-electron chi connectivity index (χ0n) is 16.1. The van der Waals surface area contributed by atoms with Gasteiger partial charge in [-0.05, 0) is 48.5 Å². The minimum absolute atomic E-state index is 0.0465. The molecule has 7 heteroatoms. The molecule has 2 aromatic carbocycles. The molecule has 0 aliphatic carbocycles. The van der Waals surface area contributed by atoms with Gasteiger partial charge in [-0.1, -0.05) is 5.16 Å². The highest BCUT2D eigenvalue weighted by Crippen LogP contribution is 2.32. The molecule has 0 saturated carbocycles. The first kappa shape index (κ1) is 18.0. The molecule has 1 unspecified atom stereocenters. The molecule has 2 heterocycles. The van der Waals surface area contributed by atoms with Crippen LogP contribution in [0.1, 0.15) is 18.2 Å². The Balaban J connectivity index is 1.50. The zero-order chi connectivity index (χ0) is 19.7. The molecule has 1 aromatic heterocycles. The quantitative estimate of drug-likeness (QED) is 0.678. The highest BCUT2D eigenvalue weighted by Gasteiger charge is 2.35. The number of aromatic nitrogens is 2. The van der Waals surface area contributed by atoms with E-state index >= 15 is 0 Å². The standard InChI is InChI=1S/C21H22N4O3/c1-24(2)16-6-4-14(5-7-16)20-22-21(28-23-20)15-12-19(26)25(13-15)17-8-10-18(27-3)11-9-17/h4-11,15H,12-13H2,1-3H3. The molecular weight excluding hydrogens is 356 g/mol. The Morgan fingerprint density at radius 3 is 2.46 bits per heavy atom. The van der Waals surface area contributed by atoms with Gasteiger partial charge in [-0.25, -0.2) is 0 Å². The number of anilines is 2. The Labute approximate surface area is 163 Å². The first-order valence-corrected chi connectivity index (χ1v) is 9.11. The summed E-state index contributed by atoms with van der Waals surface area (Å²) < 4.78 is 10.7. The van der Waals surface area contributed by atoms with Crippen molar-refractivity contribution in [1.29, 1.82) is 0 Å². The van der Waals surface area contributed by atoms with Crippen molar-refractivity contribution in [2.24, 2.45) is 0 Å². The van der Waals surface area contributed by atoms with Crippen molar-refractivity contribution in [3.63, 3.8) is 0 Å². The summed E-state index contributed by atoms with van der Waals surface area (Å²) in [5, 5.41) is 4.10. The molecule has 3 aromatic rings. The van der Waals surface area contributed by atoms with Crippen LogP contribution in [-0.2, 0) is 4.79 Å². The van der Waals surface area contributed by atoms with E-state index in [0.29, 0.717) is 24.7 Å². The number of methoxy groups -OCH3 is 1. The van der Waals surface area contributed by atoms with Crippen LogP contribution >= 0.6 is 0 Å². The number of rotatable bonds is 5. The third kappa shape index (κ3) is 3.43. The smallest absolute Gasteiger partial charge is 0.232 e. The predicted octanol–water partition coefficient (Wildman–Crippen LogP) is 3.33. The van der Waals surface area contributed by atoms with E-state index in [1.165, 1.54) is 0 Å². The summed E-state index contributed by atoms with van der Waals surface area (Å²) in [5.74, 6) is 1.72. The summed E-state index contributed by atoms with van der Waals surface area (Å²) in [6.45, 7) is 0.520. The maximum Gasteiger partial charge on any atom is 0.232 e. The molecule has 1 aliphatic heterocycles. The molecule has 28 heavy (non-hydrogen) atoms. The van der Waals surface area contributed by atoms with Gasteiger partial charge in [-0.15, -0.1) is 0 Å². The number of hydrogen-bond acceptors (Lipinski definition) is 6. The third-order valence-electron chi connectivity index (χ3n) is 4.94. The van der Waals surface area contributed by atoms with Crippen molar-refractivity contribution in [3.05, 3.63) is 54.4 Å². The zero-order valence-corrected chi connectivity index (χ0v) is 16.1. The second-order valence-electron chi connectivity index (χ2n) is 7.00. The Kier molecular flexibility index (Phi) is 4.73. The predicted molar refractivity (Wildman–Crippen MR) is 107 cm³/mol. The highest BCUT2D eigenvalue weighted by molar-refractivity contribution is 5.96. The minimum atomic E-state index is -0.114. The van der Waals surface area contributed by atoms with E-state index in [-0.39, 0.29) is 11.8 Å². The van der Waals surface area contributed by atoms with Crippen LogP contribution in [0.2, 0.25) is 0 Å². The van der Waals surface area contributed by atoms with E-state index < -0.39 is 0 Å². The number of hydrogen-bond donors (Lipinski definition) is 0. The van der Waals surface area contributed by atoms with E-state index in [2.05, 4.69) is 10.1 Å². The van der Waals surface area contributed by atoms with Crippen LogP contribution in [0.4, 0.5) is 11.4 Å². The van der Waals surface area contributed by atoms with Crippen molar-refractivity contribution in [3.8, 4) is 17.1 Å². The molecule has 1 amide bonds. The maximum atomic E-state index is 12.5. The van der Waals surface area contributed by atoms with Crippen LogP contribution in [0.5, 0.6) is 5.75 Å². The fourth-order valence-corrected chi connectivity index (χ4v) is 3.31. The lowest BCUT2D eigenvalue weighted by molar-refractivity contribution is -0.117. The largest absolute Gasteiger partial charge is 0.497 e. The van der Waals surface area contributed by atoms with E-state index in [9.17, 15) is 4.79 Å². The van der Waals surface area contributed by atoms with Crippen LogP contribution in [-0.4, -0.2) is 43.8 Å². The molecule has 1 saturated heterocycles. The van der Waals surface area contributed by atoms with Crippen molar-refractivity contribution in [1.82, 2.24) is 10.1 Å². The number of carbonyl (C=O) groups is 1. The Hall–Kier alpha value is -3.35. The van der Waals surface area contributed by atoms with Gasteiger partial charge in [-0.2, -0.15) is 4.98 Å². The fraction of sp³-hybridized carbons (Fsp3) is 0.286. The van der Waals surface area contributed by atoms with Crippen LogP contribution < -0.4 is 14.5 Å². The molecule has 144 valence electrons. The highest BCUT2D eigenvalue weighted by atomic mass is 16.5. The van der Waals surface area contributed by atoms with Crippen molar-refractivity contribution in [2.45, 2.75) is 12.3 Å². The lowest BCUT2D eigenvalue weighted by Gasteiger charge is -2.16. The lowest BCUT2D eigenvalue weighted by Crippen LogP contribution is -2.24. The second kappa shape index (κ2) is 7.34. The average molecular weight is 378 g/mol. The van der Waals surface area contributed by atoms with Crippen molar-refractivity contribution < 1.29 is 14.1 Å². The molecule has 7 nitrogen and oxygen atoms in total. The van der Waals surface area contributed by atoms with Gasteiger partial charge >= 0.3 is 0 Å². The average Bonchev–Trinajstić information content (AvgIpc) is 3.35. The van der Waals surface area contributed by atoms with Crippen LogP contribution in [0.15, 0.2) is 53.1 Å². The summed E-state index contributed by atoms with van der Waals surface area (Å²) in [6, 6.07) is 15.4. The normalized spacial score (nSPS) is 16.5. The monoisotopic (exact) mass is 378 g/mol. The third-order valence-corrected chi connectivity index (χ3v) is 4.94. The van der Waals surface area contributed by atoms with Crippen LogP contribution in [0.25, 0.3) is 11.4 Å². The van der Waals surface area contributed by atoms with E-state index in [0.717, 1.165) is 22.7 Å². The van der Waals surface area contributed by atoms with Crippen molar-refractivity contribution >= 4 is 17.3 Å². The van der Waals surface area contributed by atoms with Crippen LogP contribution in [0.3, 0.4) is 0 Å². The van der Waals surface area contributed by atoms with Gasteiger partial charge in [0.2, 0.25) is 17.6 Å². The Bertz CT molecular complexity index is 964. The van der Waals surface area contributed by atoms with Gasteiger partial charge in [0.05, 0.1) is 13.0 Å². The minimum Gasteiger partial charge on any atom is -0.497 e. The van der Waals surface area contributed by atoms with E-state index in [4.69, 9.17) is 9.26 Å². The number of ether oxygens (including phenoxy) is 1. The molecule has 0 N–H and O–H groups in total. The first-order valence-electron chi connectivity index (χ1n) is 9.11. The van der Waals surface area contributed by atoms with Gasteiger partial charge in [0.25, 0.3) is 0 Å². The summed E-state index contributed by atoms with van der Waals surface area (Å²) in [6.07, 6.45) is 0.354. The number of carbonyl (C=O) groups excluding carboxylic acids is 1. The van der Waals surface area contributed by atoms with Gasteiger partial charge in [-0.3, -0.25) is 4.79 Å². The summed E-state index contributed by atoms with van der Waals surface area (Å²) in [5.41, 5.74) is 2.83. The molecule has 0 bridgehead atoms. The summed E-state index contributed by atoms with van der Waals surface area (Å²) in [7, 11) is 5.60. The molecule has 1 fully saturated rings. The summed E-state index contributed by atoms with van der Waals surface area (Å²) >= 11 is 0. The van der Waals surface area contributed by atoms with Gasteiger partial charge in [0.1, 0.15) is 5.75 Å². The molecular formula is C21H22N4O3. The fourth-order valence-electron chi connectivity index (χ4n) is 3.31. The molecule has 1 atom stereocenters. The number of benzene rings is 2. The molecule has 4 rings (SSSR count). The van der Waals surface area contributed by atoms with E-state index in [1.807, 2.05) is 67.5 Å². The van der Waals surface area contributed by atoms with Gasteiger partial charge in [0, 0.05) is 44.0 Å². The lowest BCUT2D eigenvalue weighted by atomic mass is 10.1. The SMILES string of the molecule is COc1ccc(N2CC(c3nc(-c4ccc(N(C)C)cc4)no3)CC2=O)cc1. The Morgan fingerprint density at radius 1 is 1.11 bits per heavy atom. The number of nitrogens with zero attached hydrogens (tertiary/aromatic N) is 4. The maximum absolute atomic E-state index is 12.5. The molecule has 1 aliphatic rings. The number of amides is 1. The molecule has 0 radical (unpaired) electrons. The van der Waals surface area contributed by atoms with Gasteiger partial charge in [0.15, 0.2) is 0 Å².